The summed E-state index contributed by atoms with van der Waals surface area (Å²) < 4.78 is 10.4. The Kier molecular flexibility index (Phi) is 3.59. The number of para-hydroxylation sites is 1. The first-order valence-electron chi connectivity index (χ1n) is 4.56. The standard InChI is InChI=1S/C9H11BrNO3P/c10-8-6-11-15(12,13-7-8)14-9-4-2-1-3-5-9/h1-5,8H,6-7H2,(H,11,12)/t8-,15?/m0/s1. The molecule has 1 aromatic rings. The molecule has 2 atom stereocenters. The van der Waals surface area contributed by atoms with E-state index in [-0.39, 0.29) is 4.83 Å². The van der Waals surface area contributed by atoms with Gasteiger partial charge in [0.1, 0.15) is 6.61 Å². The highest BCUT2D eigenvalue weighted by atomic mass is 79.9. The summed E-state index contributed by atoms with van der Waals surface area (Å²) in [5.41, 5.74) is 0. The van der Waals surface area contributed by atoms with Crippen LogP contribution in [0.25, 0.3) is 0 Å². The van der Waals surface area contributed by atoms with Gasteiger partial charge in [0.05, 0.1) is 11.4 Å². The molecule has 4 nitrogen and oxygen atoms in total. The number of hydrogen-bond acceptors (Lipinski definition) is 4. The van der Waals surface area contributed by atoms with E-state index in [9.17, 15) is 4.89 Å². The lowest BCUT2D eigenvalue weighted by Gasteiger charge is -2.32. The Morgan fingerprint density at radius 2 is 2.20 bits per heavy atom. The van der Waals surface area contributed by atoms with Crippen molar-refractivity contribution >= 4 is 24.0 Å². The van der Waals surface area contributed by atoms with E-state index < -0.39 is 8.09 Å². The summed E-state index contributed by atoms with van der Waals surface area (Å²) in [5, 5.41) is 2.76. The van der Waals surface area contributed by atoms with Gasteiger partial charge in [-0.1, -0.05) is 34.1 Å². The predicted molar refractivity (Wildman–Crippen MR) is 60.7 cm³/mol. The van der Waals surface area contributed by atoms with Crippen molar-refractivity contribution in [2.75, 3.05) is 13.2 Å². The average molecular weight is 292 g/mol. The van der Waals surface area contributed by atoms with Crippen LogP contribution < -0.4 is 14.5 Å². The first-order valence-corrected chi connectivity index (χ1v) is 7.02. The molecule has 0 amide bonds. The molecular formula is C9H11BrNO3P. The lowest BCUT2D eigenvalue weighted by Crippen LogP contribution is -2.41. The van der Waals surface area contributed by atoms with Crippen LogP contribution in [-0.2, 0) is 4.52 Å². The van der Waals surface area contributed by atoms with Crippen LogP contribution in [0.15, 0.2) is 30.3 Å². The zero-order valence-corrected chi connectivity index (χ0v) is 10.4. The van der Waals surface area contributed by atoms with Crippen LogP contribution >= 0.6 is 24.0 Å². The number of benzene rings is 1. The molecule has 1 N–H and O–H groups in total. The van der Waals surface area contributed by atoms with Crippen molar-refractivity contribution in [3.05, 3.63) is 30.3 Å². The fourth-order valence-corrected chi connectivity index (χ4v) is 3.35. The molecular weight excluding hydrogens is 281 g/mol. The molecule has 1 unspecified atom stereocenters. The molecule has 1 heterocycles. The van der Waals surface area contributed by atoms with E-state index >= 15 is 0 Å². The minimum absolute atomic E-state index is 0.180. The van der Waals surface area contributed by atoms with Gasteiger partial charge < -0.3 is 9.42 Å². The molecule has 1 aliphatic rings. The maximum Gasteiger partial charge on any atom is 0.362 e. The molecule has 0 spiro atoms. The molecule has 15 heavy (non-hydrogen) atoms. The summed E-state index contributed by atoms with van der Waals surface area (Å²) in [7, 11) is -3.15. The first kappa shape index (κ1) is 11.3. The third-order valence-corrected chi connectivity index (χ3v) is 4.00. The molecule has 1 aromatic carbocycles. The van der Waals surface area contributed by atoms with Crippen molar-refractivity contribution in [3.63, 3.8) is 0 Å². The topological polar surface area (TPSA) is 53.5 Å². The molecule has 0 aromatic heterocycles. The van der Waals surface area contributed by atoms with Gasteiger partial charge in [0.25, 0.3) is 0 Å². The van der Waals surface area contributed by atoms with Crippen molar-refractivity contribution in [2.24, 2.45) is 0 Å². The number of alkyl halides is 1. The Bertz CT molecular complexity index is 316. The third-order valence-electron chi connectivity index (χ3n) is 1.90. The molecule has 1 aliphatic heterocycles. The quantitative estimate of drug-likeness (QED) is 0.663. The van der Waals surface area contributed by atoms with Crippen LogP contribution in [0.2, 0.25) is 0 Å². The zero-order chi connectivity index (χ0) is 10.7. The summed E-state index contributed by atoms with van der Waals surface area (Å²) in [6.45, 7) is 0.960. The van der Waals surface area contributed by atoms with E-state index in [0.29, 0.717) is 18.9 Å². The number of nitrogens with one attached hydrogen (secondary N) is 1. The molecule has 1 fully saturated rings. The Balaban J connectivity index is 1.99. The second-order valence-electron chi connectivity index (χ2n) is 3.16. The summed E-state index contributed by atoms with van der Waals surface area (Å²) in [6, 6.07) is 8.99. The van der Waals surface area contributed by atoms with Gasteiger partial charge in [-0.15, -0.1) is 5.09 Å². The minimum atomic E-state index is -3.15. The van der Waals surface area contributed by atoms with E-state index in [1.165, 1.54) is 0 Å². The van der Waals surface area contributed by atoms with Crippen molar-refractivity contribution in [1.82, 2.24) is 5.09 Å². The van der Waals surface area contributed by atoms with Gasteiger partial charge in [0.2, 0.25) is 0 Å². The van der Waals surface area contributed by atoms with Gasteiger partial charge in [0, 0.05) is 0 Å². The van der Waals surface area contributed by atoms with Crippen LogP contribution in [0.1, 0.15) is 0 Å². The average Bonchev–Trinajstić information content (AvgIpc) is 2.24. The van der Waals surface area contributed by atoms with Gasteiger partial charge in [-0.05, 0) is 12.1 Å². The number of halogens is 1. The highest BCUT2D eigenvalue weighted by Crippen LogP contribution is 2.50. The Hall–Kier alpha value is -0.190. The fourth-order valence-electron chi connectivity index (χ4n) is 1.17. The summed E-state index contributed by atoms with van der Waals surface area (Å²) in [6.07, 6.45) is 0. The van der Waals surface area contributed by atoms with Gasteiger partial charge >= 0.3 is 8.09 Å². The molecule has 0 saturated carbocycles. The Morgan fingerprint density at radius 3 is 2.80 bits per heavy atom. The van der Waals surface area contributed by atoms with Crippen LogP contribution in [0, 0.1) is 0 Å². The van der Waals surface area contributed by atoms with Gasteiger partial charge in [-0.3, -0.25) is 0 Å². The zero-order valence-electron chi connectivity index (χ0n) is 7.93. The van der Waals surface area contributed by atoms with E-state index in [1.54, 1.807) is 12.1 Å². The van der Waals surface area contributed by atoms with E-state index in [0.717, 1.165) is 0 Å². The SMILES string of the molecule is [O-][P+]1(Oc2ccccc2)NC[C@H](Br)CO1. The number of rotatable bonds is 2. The predicted octanol–water partition coefficient (Wildman–Crippen LogP) is 1.49. The van der Waals surface area contributed by atoms with E-state index in [2.05, 4.69) is 21.0 Å². The van der Waals surface area contributed by atoms with Crippen LogP contribution in [0.4, 0.5) is 0 Å². The monoisotopic (exact) mass is 291 g/mol. The summed E-state index contributed by atoms with van der Waals surface area (Å²) >= 11 is 3.36. The van der Waals surface area contributed by atoms with Crippen molar-refractivity contribution in [3.8, 4) is 5.75 Å². The van der Waals surface area contributed by atoms with E-state index in [1.807, 2.05) is 18.2 Å². The molecule has 0 bridgehead atoms. The highest BCUT2D eigenvalue weighted by Gasteiger charge is 2.37. The minimum Gasteiger partial charge on any atom is -0.609 e. The van der Waals surface area contributed by atoms with Crippen molar-refractivity contribution in [2.45, 2.75) is 4.83 Å². The molecule has 0 aliphatic carbocycles. The summed E-state index contributed by atoms with van der Waals surface area (Å²) in [4.78, 5) is 12.2. The van der Waals surface area contributed by atoms with Crippen LogP contribution in [0.5, 0.6) is 5.75 Å². The molecule has 0 radical (unpaired) electrons. The second kappa shape index (κ2) is 4.76. The maximum absolute atomic E-state index is 12.0. The molecule has 82 valence electrons. The van der Waals surface area contributed by atoms with Gasteiger partial charge in [-0.25, -0.2) is 0 Å². The smallest absolute Gasteiger partial charge is 0.362 e. The second-order valence-corrected chi connectivity index (χ2v) is 6.20. The van der Waals surface area contributed by atoms with Crippen molar-refractivity contribution < 1.29 is 13.9 Å². The number of hydrogen-bond donors (Lipinski definition) is 1. The van der Waals surface area contributed by atoms with Crippen molar-refractivity contribution in [1.29, 1.82) is 0 Å². The Morgan fingerprint density at radius 1 is 1.47 bits per heavy atom. The fraction of sp³-hybridized carbons (Fsp3) is 0.333. The molecule has 2 rings (SSSR count). The normalized spacial score (nSPS) is 31.2. The Labute approximate surface area is 97.4 Å². The van der Waals surface area contributed by atoms with Gasteiger partial charge in [0.15, 0.2) is 5.75 Å². The molecule has 1 saturated heterocycles. The largest absolute Gasteiger partial charge is 0.609 e. The first-order chi connectivity index (χ1) is 7.18. The lowest BCUT2D eigenvalue weighted by molar-refractivity contribution is -0.217. The highest BCUT2D eigenvalue weighted by molar-refractivity contribution is 9.09. The van der Waals surface area contributed by atoms with Crippen LogP contribution in [-0.4, -0.2) is 18.0 Å². The van der Waals surface area contributed by atoms with Gasteiger partial charge in [-0.2, -0.15) is 4.52 Å². The molecule has 6 heteroatoms. The van der Waals surface area contributed by atoms with E-state index in [4.69, 9.17) is 9.05 Å². The summed E-state index contributed by atoms with van der Waals surface area (Å²) in [5.74, 6) is 0.543. The maximum atomic E-state index is 12.0. The third kappa shape index (κ3) is 3.13. The van der Waals surface area contributed by atoms with Crippen LogP contribution in [0.3, 0.4) is 0 Å². The lowest BCUT2D eigenvalue weighted by atomic mass is 10.3.